The van der Waals surface area contributed by atoms with E-state index in [1.807, 2.05) is 13.0 Å². The van der Waals surface area contributed by atoms with E-state index < -0.39 is 12.1 Å². The van der Waals surface area contributed by atoms with Crippen LogP contribution in [0.3, 0.4) is 0 Å². The van der Waals surface area contributed by atoms with Gasteiger partial charge in [0.25, 0.3) is 0 Å². The number of aliphatic hydroxyl groups is 1. The maximum Gasteiger partial charge on any atom is 0.335 e. The Bertz CT molecular complexity index is 593. The highest BCUT2D eigenvalue weighted by Gasteiger charge is 2.16. The van der Waals surface area contributed by atoms with Crippen LogP contribution in [0.2, 0.25) is 0 Å². The van der Waals surface area contributed by atoms with Gasteiger partial charge in [0.1, 0.15) is 0 Å². The number of ether oxygens (including phenoxy) is 1. The Labute approximate surface area is 150 Å². The molecule has 4 nitrogen and oxygen atoms in total. The predicted octanol–water partition coefficient (Wildman–Crippen LogP) is 4.76. The van der Waals surface area contributed by atoms with Crippen LogP contribution in [0.4, 0.5) is 0 Å². The maximum atomic E-state index is 11.3. The highest BCUT2D eigenvalue weighted by atomic mass is 16.5. The van der Waals surface area contributed by atoms with Gasteiger partial charge in [-0.3, -0.25) is 0 Å². The van der Waals surface area contributed by atoms with Crippen LogP contribution in [0.15, 0.2) is 58.5 Å². The molecule has 0 aliphatic carbocycles. The van der Waals surface area contributed by atoms with E-state index in [9.17, 15) is 9.90 Å². The number of aliphatic hydroxyl groups excluding tert-OH is 1. The lowest BCUT2D eigenvalue weighted by Gasteiger charge is -2.12. The van der Waals surface area contributed by atoms with Crippen LogP contribution in [-0.2, 0) is 16.0 Å². The van der Waals surface area contributed by atoms with Gasteiger partial charge < -0.3 is 14.3 Å². The molecule has 0 aliphatic heterocycles. The molecule has 0 saturated heterocycles. The minimum absolute atomic E-state index is 0.117. The van der Waals surface area contributed by atoms with Crippen molar-refractivity contribution in [3.05, 3.63) is 59.6 Å². The molecule has 1 heterocycles. The van der Waals surface area contributed by atoms with E-state index in [0.717, 1.165) is 32.1 Å². The van der Waals surface area contributed by atoms with Crippen LogP contribution < -0.4 is 0 Å². The molecule has 0 bridgehead atoms. The molecular formula is C21H30O4. The second-order valence-electron chi connectivity index (χ2n) is 6.38. The van der Waals surface area contributed by atoms with Gasteiger partial charge in [0, 0.05) is 0 Å². The van der Waals surface area contributed by atoms with Crippen molar-refractivity contribution in [3.8, 4) is 0 Å². The van der Waals surface area contributed by atoms with Crippen molar-refractivity contribution in [2.45, 2.75) is 58.5 Å². The first kappa shape index (κ1) is 21.0. The molecule has 0 radical (unpaired) electrons. The van der Waals surface area contributed by atoms with Crippen molar-refractivity contribution in [2.75, 3.05) is 7.11 Å². The zero-order valence-electron chi connectivity index (χ0n) is 15.6. The largest absolute Gasteiger partial charge is 0.472 e. The summed E-state index contributed by atoms with van der Waals surface area (Å²) in [5, 5.41) is 9.91. The van der Waals surface area contributed by atoms with Crippen molar-refractivity contribution in [2.24, 2.45) is 0 Å². The maximum absolute atomic E-state index is 11.3. The molecule has 138 valence electrons. The SMILES string of the molecule is C=C(C(=O)OC)C(O)CC/C(C)=C/CC/C(C)=C/CCc1ccoc1. The van der Waals surface area contributed by atoms with Crippen LogP contribution in [0.1, 0.15) is 51.5 Å². The number of aryl methyl sites for hydroxylation is 1. The molecule has 1 unspecified atom stereocenters. The van der Waals surface area contributed by atoms with Crippen LogP contribution in [0, 0.1) is 0 Å². The van der Waals surface area contributed by atoms with Gasteiger partial charge >= 0.3 is 5.97 Å². The summed E-state index contributed by atoms with van der Waals surface area (Å²) in [5.74, 6) is -0.551. The minimum atomic E-state index is -0.847. The summed E-state index contributed by atoms with van der Waals surface area (Å²) in [4.78, 5) is 11.3. The molecular weight excluding hydrogens is 316 g/mol. The molecule has 1 aromatic heterocycles. The summed E-state index contributed by atoms with van der Waals surface area (Å²) in [5.41, 5.74) is 3.94. The Morgan fingerprint density at radius 2 is 1.96 bits per heavy atom. The van der Waals surface area contributed by atoms with Crippen molar-refractivity contribution in [1.29, 1.82) is 0 Å². The summed E-state index contributed by atoms with van der Waals surface area (Å²) >= 11 is 0. The molecule has 4 heteroatoms. The number of carbonyl (C=O) groups excluding carboxylic acids is 1. The zero-order chi connectivity index (χ0) is 18.7. The minimum Gasteiger partial charge on any atom is -0.472 e. The zero-order valence-corrected chi connectivity index (χ0v) is 15.6. The fraction of sp³-hybridized carbons (Fsp3) is 0.476. The Morgan fingerprint density at radius 1 is 1.28 bits per heavy atom. The molecule has 1 N–H and O–H groups in total. The summed E-state index contributed by atoms with van der Waals surface area (Å²) < 4.78 is 9.62. The molecule has 1 atom stereocenters. The molecule has 0 fully saturated rings. The average Bonchev–Trinajstić information content (AvgIpc) is 3.11. The van der Waals surface area contributed by atoms with E-state index >= 15 is 0 Å². The summed E-state index contributed by atoms with van der Waals surface area (Å²) in [6.45, 7) is 7.78. The van der Waals surface area contributed by atoms with Gasteiger partial charge in [-0.1, -0.05) is 29.9 Å². The lowest BCUT2D eigenvalue weighted by atomic mass is 10.0. The second kappa shape index (κ2) is 11.5. The van der Waals surface area contributed by atoms with E-state index in [0.29, 0.717) is 6.42 Å². The third kappa shape index (κ3) is 8.54. The summed E-state index contributed by atoms with van der Waals surface area (Å²) in [6, 6.07) is 2.00. The number of furan rings is 1. The third-order valence-electron chi connectivity index (χ3n) is 4.20. The first-order valence-electron chi connectivity index (χ1n) is 8.71. The number of esters is 1. The van der Waals surface area contributed by atoms with Crippen LogP contribution >= 0.6 is 0 Å². The Hall–Kier alpha value is -2.07. The van der Waals surface area contributed by atoms with E-state index in [1.54, 1.807) is 12.5 Å². The monoisotopic (exact) mass is 346 g/mol. The number of allylic oxidation sites excluding steroid dienone is 4. The molecule has 1 rings (SSSR count). The molecule has 25 heavy (non-hydrogen) atoms. The lowest BCUT2D eigenvalue weighted by Crippen LogP contribution is -2.18. The van der Waals surface area contributed by atoms with Crippen molar-refractivity contribution >= 4 is 5.97 Å². The number of hydrogen-bond acceptors (Lipinski definition) is 4. The normalized spacial score (nSPS) is 13.6. The number of rotatable bonds is 11. The van der Waals surface area contributed by atoms with E-state index in [4.69, 9.17) is 4.42 Å². The van der Waals surface area contributed by atoms with E-state index in [1.165, 1.54) is 23.8 Å². The molecule has 0 aromatic carbocycles. The molecule has 0 saturated carbocycles. The van der Waals surface area contributed by atoms with Crippen LogP contribution in [-0.4, -0.2) is 24.3 Å². The predicted molar refractivity (Wildman–Crippen MR) is 100 cm³/mol. The van der Waals surface area contributed by atoms with Crippen LogP contribution in [0.25, 0.3) is 0 Å². The van der Waals surface area contributed by atoms with Gasteiger partial charge in [-0.05, 0) is 64.0 Å². The second-order valence-corrected chi connectivity index (χ2v) is 6.38. The van der Waals surface area contributed by atoms with E-state index in [-0.39, 0.29) is 5.57 Å². The number of carbonyl (C=O) groups is 1. The first-order chi connectivity index (χ1) is 11.9. The van der Waals surface area contributed by atoms with Gasteiger partial charge in [0.2, 0.25) is 0 Å². The average molecular weight is 346 g/mol. The molecule has 0 amide bonds. The van der Waals surface area contributed by atoms with Gasteiger partial charge in [-0.2, -0.15) is 0 Å². The molecule has 0 spiro atoms. The van der Waals surface area contributed by atoms with Gasteiger partial charge in [-0.25, -0.2) is 4.79 Å². The first-order valence-corrected chi connectivity index (χ1v) is 8.71. The third-order valence-corrected chi connectivity index (χ3v) is 4.20. The Kier molecular flexibility index (Phi) is 9.63. The fourth-order valence-corrected chi connectivity index (χ4v) is 2.48. The van der Waals surface area contributed by atoms with Crippen molar-refractivity contribution in [3.63, 3.8) is 0 Å². The smallest absolute Gasteiger partial charge is 0.335 e. The van der Waals surface area contributed by atoms with Crippen molar-refractivity contribution in [1.82, 2.24) is 0 Å². The van der Waals surface area contributed by atoms with E-state index in [2.05, 4.69) is 30.4 Å². The lowest BCUT2D eigenvalue weighted by molar-refractivity contribution is -0.137. The topological polar surface area (TPSA) is 59.7 Å². The number of hydrogen-bond donors (Lipinski definition) is 1. The quantitative estimate of drug-likeness (QED) is 0.357. The Balaban J connectivity index is 2.25. The number of methoxy groups -OCH3 is 1. The molecule has 1 aromatic rings. The highest BCUT2D eigenvalue weighted by Crippen LogP contribution is 2.15. The van der Waals surface area contributed by atoms with Crippen LogP contribution in [0.5, 0.6) is 0 Å². The Morgan fingerprint density at radius 3 is 2.60 bits per heavy atom. The van der Waals surface area contributed by atoms with Gasteiger partial charge in [0.15, 0.2) is 0 Å². The summed E-state index contributed by atoms with van der Waals surface area (Å²) in [7, 11) is 1.29. The van der Waals surface area contributed by atoms with Gasteiger partial charge in [0.05, 0.1) is 31.3 Å². The fourth-order valence-electron chi connectivity index (χ4n) is 2.48. The summed E-state index contributed by atoms with van der Waals surface area (Å²) in [6.07, 6.45) is 12.4. The van der Waals surface area contributed by atoms with Gasteiger partial charge in [-0.15, -0.1) is 0 Å². The highest BCUT2D eigenvalue weighted by molar-refractivity contribution is 5.88. The van der Waals surface area contributed by atoms with Crippen molar-refractivity contribution < 1.29 is 19.1 Å². The standard InChI is InChI=1S/C21H30O4/c1-16(9-6-10-19-13-14-25-15-19)7-5-8-17(2)11-12-20(22)18(3)21(23)24-4/h8-9,13-15,20,22H,3,5-7,10-12H2,1-2,4H3/b16-9+,17-8+. The molecule has 0 aliphatic rings.